The number of anilines is 1. The van der Waals surface area contributed by atoms with Gasteiger partial charge in [-0.05, 0) is 37.3 Å². The van der Waals surface area contributed by atoms with Gasteiger partial charge in [0, 0.05) is 5.69 Å². The standard InChI is InChI=1S/C16H15NO2/c1-2-15(19-14-11-7-4-8-12-14)16(18)17-13-9-5-3-6-10-13/h2-12H,1H3,(H,17,18). The molecular weight excluding hydrogens is 238 g/mol. The van der Waals surface area contributed by atoms with Crippen molar-refractivity contribution in [3.05, 3.63) is 72.5 Å². The number of para-hydroxylation sites is 2. The highest BCUT2D eigenvalue weighted by Crippen LogP contribution is 2.14. The minimum absolute atomic E-state index is 0.266. The number of rotatable bonds is 4. The first-order valence-electron chi connectivity index (χ1n) is 6.05. The van der Waals surface area contributed by atoms with Crippen LogP contribution in [-0.4, -0.2) is 5.91 Å². The maximum atomic E-state index is 12.0. The first kappa shape index (κ1) is 12.9. The Morgan fingerprint density at radius 2 is 1.58 bits per heavy atom. The normalized spacial score (nSPS) is 10.9. The minimum Gasteiger partial charge on any atom is -0.452 e. The average molecular weight is 253 g/mol. The number of amides is 1. The van der Waals surface area contributed by atoms with E-state index in [9.17, 15) is 4.79 Å². The van der Waals surface area contributed by atoms with Crippen molar-refractivity contribution >= 4 is 11.6 Å². The molecule has 96 valence electrons. The van der Waals surface area contributed by atoms with Crippen molar-refractivity contribution in [2.75, 3.05) is 5.32 Å². The first-order chi connectivity index (χ1) is 9.29. The molecule has 0 bridgehead atoms. The van der Waals surface area contributed by atoms with Crippen LogP contribution in [0, 0.1) is 0 Å². The number of carbonyl (C=O) groups is 1. The van der Waals surface area contributed by atoms with Crippen LogP contribution in [0.1, 0.15) is 6.92 Å². The lowest BCUT2D eigenvalue weighted by molar-refractivity contribution is -0.114. The fraction of sp³-hybridized carbons (Fsp3) is 0.0625. The fourth-order valence-corrected chi connectivity index (χ4v) is 1.57. The smallest absolute Gasteiger partial charge is 0.291 e. The molecule has 3 heteroatoms. The number of nitrogens with one attached hydrogen (secondary N) is 1. The number of hydrogen-bond acceptors (Lipinski definition) is 2. The predicted octanol–water partition coefficient (Wildman–Crippen LogP) is 3.61. The Bertz CT molecular complexity index is 562. The lowest BCUT2D eigenvalue weighted by Gasteiger charge is -2.10. The van der Waals surface area contributed by atoms with E-state index in [1.54, 1.807) is 25.1 Å². The van der Waals surface area contributed by atoms with Gasteiger partial charge in [-0.3, -0.25) is 4.79 Å². The molecule has 2 aromatic carbocycles. The summed E-state index contributed by atoms with van der Waals surface area (Å²) in [7, 11) is 0. The SMILES string of the molecule is CC=C(Oc1ccccc1)C(=O)Nc1ccccc1. The van der Waals surface area contributed by atoms with Gasteiger partial charge in [-0.2, -0.15) is 0 Å². The molecule has 0 saturated carbocycles. The minimum atomic E-state index is -0.266. The second-order valence-corrected chi connectivity index (χ2v) is 3.89. The second kappa shape index (κ2) is 6.40. The maximum Gasteiger partial charge on any atom is 0.291 e. The Hall–Kier alpha value is -2.55. The quantitative estimate of drug-likeness (QED) is 0.667. The Balaban J connectivity index is 2.04. The van der Waals surface area contributed by atoms with Crippen molar-refractivity contribution < 1.29 is 9.53 Å². The number of allylic oxidation sites excluding steroid dienone is 1. The zero-order valence-electron chi connectivity index (χ0n) is 10.7. The summed E-state index contributed by atoms with van der Waals surface area (Å²) in [5.74, 6) is 0.645. The highest BCUT2D eigenvalue weighted by atomic mass is 16.5. The summed E-state index contributed by atoms with van der Waals surface area (Å²) >= 11 is 0. The number of benzene rings is 2. The molecule has 2 aromatic rings. The third-order valence-electron chi connectivity index (χ3n) is 2.49. The molecule has 0 saturated heterocycles. The van der Waals surface area contributed by atoms with E-state index in [1.807, 2.05) is 48.5 Å². The first-order valence-corrected chi connectivity index (χ1v) is 6.05. The molecule has 19 heavy (non-hydrogen) atoms. The van der Waals surface area contributed by atoms with Crippen LogP contribution < -0.4 is 10.1 Å². The van der Waals surface area contributed by atoms with Gasteiger partial charge in [0.15, 0.2) is 5.76 Å². The van der Waals surface area contributed by atoms with Gasteiger partial charge in [0.05, 0.1) is 0 Å². The van der Waals surface area contributed by atoms with Gasteiger partial charge in [0.1, 0.15) is 5.75 Å². The Kier molecular flexibility index (Phi) is 4.34. The van der Waals surface area contributed by atoms with Crippen molar-refractivity contribution in [1.29, 1.82) is 0 Å². The van der Waals surface area contributed by atoms with Crippen molar-refractivity contribution in [2.45, 2.75) is 6.92 Å². The fourth-order valence-electron chi connectivity index (χ4n) is 1.57. The van der Waals surface area contributed by atoms with Gasteiger partial charge in [0.25, 0.3) is 5.91 Å². The Morgan fingerprint density at radius 3 is 2.16 bits per heavy atom. The van der Waals surface area contributed by atoms with Crippen LogP contribution in [0.5, 0.6) is 5.75 Å². The average Bonchev–Trinajstić information content (AvgIpc) is 2.47. The van der Waals surface area contributed by atoms with Crippen LogP contribution in [0.15, 0.2) is 72.5 Å². The molecule has 0 spiro atoms. The molecule has 0 heterocycles. The maximum absolute atomic E-state index is 12.0. The van der Waals surface area contributed by atoms with E-state index < -0.39 is 0 Å². The molecule has 3 nitrogen and oxygen atoms in total. The van der Waals surface area contributed by atoms with E-state index in [2.05, 4.69) is 5.32 Å². The van der Waals surface area contributed by atoms with E-state index in [0.29, 0.717) is 5.75 Å². The Labute approximate surface area is 112 Å². The van der Waals surface area contributed by atoms with E-state index in [-0.39, 0.29) is 11.7 Å². The van der Waals surface area contributed by atoms with Crippen LogP contribution >= 0.6 is 0 Å². The van der Waals surface area contributed by atoms with Crippen LogP contribution in [0.25, 0.3) is 0 Å². The molecule has 0 aliphatic carbocycles. The molecule has 0 aliphatic rings. The lowest BCUT2D eigenvalue weighted by atomic mass is 10.3. The highest BCUT2D eigenvalue weighted by Gasteiger charge is 2.11. The topological polar surface area (TPSA) is 38.3 Å². The van der Waals surface area contributed by atoms with Gasteiger partial charge >= 0.3 is 0 Å². The monoisotopic (exact) mass is 253 g/mol. The summed E-state index contributed by atoms with van der Waals surface area (Å²) < 4.78 is 5.55. The van der Waals surface area contributed by atoms with Gasteiger partial charge in [-0.1, -0.05) is 36.4 Å². The summed E-state index contributed by atoms with van der Waals surface area (Å²) in [6.07, 6.45) is 1.64. The van der Waals surface area contributed by atoms with E-state index >= 15 is 0 Å². The Morgan fingerprint density at radius 1 is 1.00 bits per heavy atom. The molecule has 1 N–H and O–H groups in total. The summed E-state index contributed by atoms with van der Waals surface area (Å²) in [5.41, 5.74) is 0.739. The highest BCUT2D eigenvalue weighted by molar-refractivity contribution is 6.02. The summed E-state index contributed by atoms with van der Waals surface area (Å²) in [6, 6.07) is 18.5. The number of ether oxygens (including phenoxy) is 1. The molecule has 0 aromatic heterocycles. The lowest BCUT2D eigenvalue weighted by Crippen LogP contribution is -2.18. The largest absolute Gasteiger partial charge is 0.452 e. The van der Waals surface area contributed by atoms with Crippen LogP contribution in [-0.2, 0) is 4.79 Å². The van der Waals surface area contributed by atoms with Gasteiger partial charge < -0.3 is 10.1 Å². The van der Waals surface area contributed by atoms with E-state index in [1.165, 1.54) is 0 Å². The summed E-state index contributed by atoms with van der Waals surface area (Å²) in [6.45, 7) is 1.77. The summed E-state index contributed by atoms with van der Waals surface area (Å²) in [4.78, 5) is 12.0. The third-order valence-corrected chi connectivity index (χ3v) is 2.49. The summed E-state index contributed by atoms with van der Waals surface area (Å²) in [5, 5.41) is 2.78. The van der Waals surface area contributed by atoms with E-state index in [0.717, 1.165) is 5.69 Å². The molecular formula is C16H15NO2. The van der Waals surface area contributed by atoms with Gasteiger partial charge in [-0.25, -0.2) is 0 Å². The van der Waals surface area contributed by atoms with Crippen LogP contribution in [0.3, 0.4) is 0 Å². The third kappa shape index (κ3) is 3.71. The van der Waals surface area contributed by atoms with Crippen molar-refractivity contribution in [3.8, 4) is 5.75 Å². The van der Waals surface area contributed by atoms with E-state index in [4.69, 9.17) is 4.74 Å². The van der Waals surface area contributed by atoms with Crippen LogP contribution in [0.4, 0.5) is 5.69 Å². The van der Waals surface area contributed by atoms with Crippen LogP contribution in [0.2, 0.25) is 0 Å². The second-order valence-electron chi connectivity index (χ2n) is 3.89. The number of hydrogen-bond donors (Lipinski definition) is 1. The molecule has 0 radical (unpaired) electrons. The molecule has 1 amide bonds. The van der Waals surface area contributed by atoms with Crippen molar-refractivity contribution in [3.63, 3.8) is 0 Å². The van der Waals surface area contributed by atoms with Gasteiger partial charge in [0.2, 0.25) is 0 Å². The van der Waals surface area contributed by atoms with Gasteiger partial charge in [-0.15, -0.1) is 0 Å². The zero-order chi connectivity index (χ0) is 13.5. The van der Waals surface area contributed by atoms with Crippen molar-refractivity contribution in [1.82, 2.24) is 0 Å². The van der Waals surface area contributed by atoms with Crippen molar-refractivity contribution in [2.24, 2.45) is 0 Å². The molecule has 0 unspecified atom stereocenters. The molecule has 2 rings (SSSR count). The molecule has 0 atom stereocenters. The molecule has 0 aliphatic heterocycles. The predicted molar refractivity (Wildman–Crippen MR) is 75.9 cm³/mol. The zero-order valence-corrected chi connectivity index (χ0v) is 10.7. The molecule has 0 fully saturated rings. The number of carbonyl (C=O) groups excluding carboxylic acids is 1.